The van der Waals surface area contributed by atoms with Gasteiger partial charge >= 0.3 is 0 Å². The van der Waals surface area contributed by atoms with Gasteiger partial charge in [-0.05, 0) is 62.0 Å². The van der Waals surface area contributed by atoms with Crippen molar-refractivity contribution in [3.63, 3.8) is 0 Å². The molecule has 2 N–H and O–H groups in total. The Kier molecular flexibility index (Phi) is 6.58. The van der Waals surface area contributed by atoms with Crippen molar-refractivity contribution in [2.75, 3.05) is 5.32 Å². The normalized spacial score (nSPS) is 11.5. The summed E-state index contributed by atoms with van der Waals surface area (Å²) in [5.74, 6) is 0.441. The summed E-state index contributed by atoms with van der Waals surface area (Å²) in [6.45, 7) is 4.09. The third kappa shape index (κ3) is 5.22. The Morgan fingerprint density at radius 3 is 2.50 bits per heavy atom. The van der Waals surface area contributed by atoms with Crippen LogP contribution < -0.4 is 15.4 Å². The zero-order valence-corrected chi connectivity index (χ0v) is 15.1. The van der Waals surface area contributed by atoms with Crippen LogP contribution in [0.5, 0.6) is 5.75 Å². The predicted molar refractivity (Wildman–Crippen MR) is 102 cm³/mol. The lowest BCUT2D eigenvalue weighted by Gasteiger charge is -2.14. The van der Waals surface area contributed by atoms with Crippen LogP contribution in [0, 0.1) is 0 Å². The first kappa shape index (κ1) is 18.2. The van der Waals surface area contributed by atoms with E-state index < -0.39 is 0 Å². The van der Waals surface area contributed by atoms with Gasteiger partial charge in [-0.1, -0.05) is 30.7 Å². The first-order valence-electron chi connectivity index (χ1n) is 7.63. The van der Waals surface area contributed by atoms with E-state index in [9.17, 15) is 4.79 Å². The van der Waals surface area contributed by atoms with Crippen LogP contribution in [0.3, 0.4) is 0 Å². The third-order valence-electron chi connectivity index (χ3n) is 3.37. The van der Waals surface area contributed by atoms with Gasteiger partial charge in [-0.3, -0.25) is 10.1 Å². The van der Waals surface area contributed by atoms with Gasteiger partial charge in [0.2, 0.25) is 0 Å². The summed E-state index contributed by atoms with van der Waals surface area (Å²) in [5, 5.41) is 6.15. The average Bonchev–Trinajstić information content (AvgIpc) is 2.56. The van der Waals surface area contributed by atoms with E-state index >= 15 is 0 Å². The van der Waals surface area contributed by atoms with Gasteiger partial charge in [0.05, 0.1) is 16.7 Å². The quantitative estimate of drug-likeness (QED) is 0.760. The minimum absolute atomic E-state index is 0.166. The molecule has 0 saturated heterocycles. The number of amides is 1. The van der Waals surface area contributed by atoms with Crippen LogP contribution in [0.4, 0.5) is 5.69 Å². The fraction of sp³-hybridized carbons (Fsp3) is 0.222. The Labute approximate surface area is 152 Å². The largest absolute Gasteiger partial charge is 0.491 e. The standard InChI is InChI=1S/C18H19ClN2O2S/c1-3-12(2)23-14-10-8-13(9-11-14)20-18(24)21-17(22)15-6-4-5-7-16(15)19/h4-12H,3H2,1-2H3,(H2,20,21,22,24). The van der Waals surface area contributed by atoms with E-state index in [0.717, 1.165) is 17.9 Å². The van der Waals surface area contributed by atoms with Gasteiger partial charge in [0.15, 0.2) is 5.11 Å². The van der Waals surface area contributed by atoms with Crippen LogP contribution in [-0.2, 0) is 0 Å². The second kappa shape index (κ2) is 8.66. The van der Waals surface area contributed by atoms with E-state index in [2.05, 4.69) is 17.6 Å². The minimum atomic E-state index is -0.352. The molecule has 2 aromatic rings. The zero-order chi connectivity index (χ0) is 17.5. The molecule has 4 nitrogen and oxygen atoms in total. The molecule has 1 amide bonds. The van der Waals surface area contributed by atoms with Crippen molar-refractivity contribution in [2.24, 2.45) is 0 Å². The SMILES string of the molecule is CCC(C)Oc1ccc(NC(=S)NC(=O)c2ccccc2Cl)cc1. The van der Waals surface area contributed by atoms with E-state index in [-0.39, 0.29) is 17.1 Å². The lowest BCUT2D eigenvalue weighted by atomic mass is 10.2. The van der Waals surface area contributed by atoms with Gasteiger partial charge in [-0.2, -0.15) is 0 Å². The smallest absolute Gasteiger partial charge is 0.258 e. The Morgan fingerprint density at radius 2 is 1.88 bits per heavy atom. The summed E-state index contributed by atoms with van der Waals surface area (Å²) in [6, 6.07) is 14.2. The van der Waals surface area contributed by atoms with Crippen LogP contribution in [-0.4, -0.2) is 17.1 Å². The fourth-order valence-electron chi connectivity index (χ4n) is 1.91. The summed E-state index contributed by atoms with van der Waals surface area (Å²) in [5.41, 5.74) is 1.14. The van der Waals surface area contributed by atoms with Gasteiger partial charge in [0.25, 0.3) is 5.91 Å². The second-order valence-electron chi connectivity index (χ2n) is 5.25. The van der Waals surface area contributed by atoms with Gasteiger partial charge in [0, 0.05) is 5.69 Å². The highest BCUT2D eigenvalue weighted by molar-refractivity contribution is 7.80. The van der Waals surface area contributed by atoms with E-state index in [1.54, 1.807) is 24.3 Å². The number of anilines is 1. The molecule has 0 fully saturated rings. The van der Waals surface area contributed by atoms with E-state index in [4.69, 9.17) is 28.6 Å². The second-order valence-corrected chi connectivity index (χ2v) is 6.06. The molecule has 0 radical (unpaired) electrons. The van der Waals surface area contributed by atoms with E-state index in [0.29, 0.717) is 10.6 Å². The molecular formula is C18H19ClN2O2S. The molecule has 126 valence electrons. The molecule has 1 atom stereocenters. The van der Waals surface area contributed by atoms with Crippen molar-refractivity contribution >= 4 is 40.5 Å². The molecule has 0 aliphatic rings. The van der Waals surface area contributed by atoms with E-state index in [1.807, 2.05) is 31.2 Å². The number of nitrogens with one attached hydrogen (secondary N) is 2. The van der Waals surface area contributed by atoms with Crippen molar-refractivity contribution in [1.29, 1.82) is 0 Å². The molecule has 0 saturated carbocycles. The van der Waals surface area contributed by atoms with Crippen molar-refractivity contribution in [3.8, 4) is 5.75 Å². The lowest BCUT2D eigenvalue weighted by Crippen LogP contribution is -2.34. The summed E-state index contributed by atoms with van der Waals surface area (Å²) in [4.78, 5) is 12.1. The molecule has 24 heavy (non-hydrogen) atoms. The number of benzene rings is 2. The monoisotopic (exact) mass is 362 g/mol. The van der Waals surface area contributed by atoms with Crippen molar-refractivity contribution in [2.45, 2.75) is 26.4 Å². The average molecular weight is 363 g/mol. The van der Waals surface area contributed by atoms with Gasteiger partial charge in [0.1, 0.15) is 5.75 Å². The molecule has 1 unspecified atom stereocenters. The number of carbonyl (C=O) groups is 1. The molecular weight excluding hydrogens is 344 g/mol. The van der Waals surface area contributed by atoms with Gasteiger partial charge in [-0.25, -0.2) is 0 Å². The Balaban J connectivity index is 1.92. The fourth-order valence-corrected chi connectivity index (χ4v) is 2.34. The molecule has 0 aromatic heterocycles. The van der Waals surface area contributed by atoms with Crippen LogP contribution in [0.1, 0.15) is 30.6 Å². The maximum Gasteiger partial charge on any atom is 0.258 e. The predicted octanol–water partition coefficient (Wildman–Crippen LogP) is 4.64. The summed E-state index contributed by atoms with van der Waals surface area (Å²) in [7, 11) is 0. The lowest BCUT2D eigenvalue weighted by molar-refractivity contribution is 0.0978. The number of halogens is 1. The summed E-state index contributed by atoms with van der Waals surface area (Å²) >= 11 is 11.2. The highest BCUT2D eigenvalue weighted by Crippen LogP contribution is 2.18. The van der Waals surface area contributed by atoms with E-state index in [1.165, 1.54) is 0 Å². The third-order valence-corrected chi connectivity index (χ3v) is 3.90. The number of rotatable bonds is 5. The molecule has 0 spiro atoms. The molecule has 0 aliphatic heterocycles. The maximum absolute atomic E-state index is 12.1. The molecule has 0 aliphatic carbocycles. The van der Waals surface area contributed by atoms with Crippen LogP contribution in [0.15, 0.2) is 48.5 Å². The number of carbonyl (C=O) groups excluding carboxylic acids is 1. The first-order valence-corrected chi connectivity index (χ1v) is 8.41. The Morgan fingerprint density at radius 1 is 1.21 bits per heavy atom. The maximum atomic E-state index is 12.1. The zero-order valence-electron chi connectivity index (χ0n) is 13.5. The highest BCUT2D eigenvalue weighted by atomic mass is 35.5. The Hall–Kier alpha value is -2.11. The number of thiocarbonyl (C=S) groups is 1. The molecule has 0 bridgehead atoms. The summed E-state index contributed by atoms with van der Waals surface area (Å²) in [6.07, 6.45) is 1.11. The first-order chi connectivity index (χ1) is 11.5. The number of hydrogen-bond donors (Lipinski definition) is 2. The Bertz CT molecular complexity index is 719. The molecule has 2 rings (SSSR count). The molecule has 2 aromatic carbocycles. The van der Waals surface area contributed by atoms with Crippen LogP contribution in [0.2, 0.25) is 5.02 Å². The topological polar surface area (TPSA) is 50.4 Å². The summed E-state index contributed by atoms with van der Waals surface area (Å²) < 4.78 is 5.71. The van der Waals surface area contributed by atoms with Crippen LogP contribution >= 0.6 is 23.8 Å². The van der Waals surface area contributed by atoms with Crippen molar-refractivity contribution < 1.29 is 9.53 Å². The molecule has 0 heterocycles. The van der Waals surface area contributed by atoms with Crippen LogP contribution in [0.25, 0.3) is 0 Å². The highest BCUT2D eigenvalue weighted by Gasteiger charge is 2.11. The van der Waals surface area contributed by atoms with Crippen molar-refractivity contribution in [1.82, 2.24) is 5.32 Å². The van der Waals surface area contributed by atoms with Gasteiger partial charge < -0.3 is 10.1 Å². The molecule has 6 heteroatoms. The number of ether oxygens (including phenoxy) is 1. The minimum Gasteiger partial charge on any atom is -0.491 e. The van der Waals surface area contributed by atoms with Crippen molar-refractivity contribution in [3.05, 3.63) is 59.1 Å². The number of hydrogen-bond acceptors (Lipinski definition) is 3. The van der Waals surface area contributed by atoms with Gasteiger partial charge in [-0.15, -0.1) is 0 Å².